The molecule has 3 nitrogen and oxygen atoms in total. The third-order valence-corrected chi connectivity index (χ3v) is 2.72. The molecule has 0 spiro atoms. The highest BCUT2D eigenvalue weighted by molar-refractivity contribution is 5.70. The van der Waals surface area contributed by atoms with Gasteiger partial charge in [-0.25, -0.2) is 0 Å². The number of ether oxygens (including phenoxy) is 1. The predicted octanol–water partition coefficient (Wildman–Crippen LogP) is 2.15. The lowest BCUT2D eigenvalue weighted by Gasteiger charge is -2.21. The molecular formula is C12H22O3. The molecular weight excluding hydrogens is 192 g/mol. The Morgan fingerprint density at radius 3 is 2.53 bits per heavy atom. The van der Waals surface area contributed by atoms with Crippen LogP contribution in [0.1, 0.15) is 33.6 Å². The minimum absolute atomic E-state index is 0.0737. The van der Waals surface area contributed by atoms with Crippen molar-refractivity contribution in [2.24, 2.45) is 11.8 Å². The fraction of sp³-hybridized carbons (Fsp3) is 0.750. The van der Waals surface area contributed by atoms with E-state index in [-0.39, 0.29) is 30.3 Å². The summed E-state index contributed by atoms with van der Waals surface area (Å²) in [7, 11) is 1.37. The molecule has 0 bridgehead atoms. The first-order valence-electron chi connectivity index (χ1n) is 5.44. The second-order valence-corrected chi connectivity index (χ2v) is 3.94. The quantitative estimate of drug-likeness (QED) is 0.544. The molecule has 0 aromatic rings. The zero-order chi connectivity index (χ0) is 11.8. The fourth-order valence-electron chi connectivity index (χ4n) is 1.34. The summed E-state index contributed by atoms with van der Waals surface area (Å²) < 4.78 is 4.51. The van der Waals surface area contributed by atoms with Crippen molar-refractivity contribution < 1.29 is 14.6 Å². The van der Waals surface area contributed by atoms with Gasteiger partial charge in [-0.3, -0.25) is 4.79 Å². The van der Waals surface area contributed by atoms with Crippen molar-refractivity contribution >= 4 is 5.97 Å². The zero-order valence-electron chi connectivity index (χ0n) is 10.1. The summed E-state index contributed by atoms with van der Waals surface area (Å²) >= 11 is 0. The van der Waals surface area contributed by atoms with Crippen LogP contribution in [0.5, 0.6) is 0 Å². The maximum absolute atomic E-state index is 10.8. The highest BCUT2D eigenvalue weighted by Gasteiger charge is 2.17. The molecule has 0 heterocycles. The van der Waals surface area contributed by atoms with Crippen LogP contribution in [0.2, 0.25) is 0 Å². The number of rotatable bonds is 6. The van der Waals surface area contributed by atoms with Crippen molar-refractivity contribution in [3.63, 3.8) is 0 Å². The average Bonchev–Trinajstić information content (AvgIpc) is 2.26. The predicted molar refractivity (Wildman–Crippen MR) is 60.4 cm³/mol. The standard InChI is InChI=1S/C12H22O3/c1-5-9(2)12(14)10(3)7-6-8-11(13)15-4/h6-7,9-10,12,14H,5,8H2,1-4H3/b7-6+/t9-,10+,12+/m0/s1. The topological polar surface area (TPSA) is 46.5 Å². The number of aliphatic hydroxyl groups is 1. The highest BCUT2D eigenvalue weighted by Crippen LogP contribution is 2.17. The van der Waals surface area contributed by atoms with Crippen LogP contribution in [0.3, 0.4) is 0 Å². The average molecular weight is 214 g/mol. The van der Waals surface area contributed by atoms with Crippen LogP contribution in [0.4, 0.5) is 0 Å². The van der Waals surface area contributed by atoms with Gasteiger partial charge in [0.05, 0.1) is 19.6 Å². The summed E-state index contributed by atoms with van der Waals surface area (Å²) in [6.07, 6.45) is 4.50. The van der Waals surface area contributed by atoms with E-state index in [0.29, 0.717) is 0 Å². The minimum atomic E-state index is -0.344. The highest BCUT2D eigenvalue weighted by atomic mass is 16.5. The Balaban J connectivity index is 4.00. The fourth-order valence-corrected chi connectivity index (χ4v) is 1.34. The van der Waals surface area contributed by atoms with Crippen molar-refractivity contribution in [1.82, 2.24) is 0 Å². The van der Waals surface area contributed by atoms with Crippen LogP contribution in [0.25, 0.3) is 0 Å². The van der Waals surface area contributed by atoms with Gasteiger partial charge in [-0.15, -0.1) is 0 Å². The van der Waals surface area contributed by atoms with Gasteiger partial charge in [-0.2, -0.15) is 0 Å². The molecule has 0 saturated heterocycles. The van der Waals surface area contributed by atoms with Crippen molar-refractivity contribution in [3.05, 3.63) is 12.2 Å². The van der Waals surface area contributed by atoms with Crippen LogP contribution < -0.4 is 0 Å². The van der Waals surface area contributed by atoms with Crippen molar-refractivity contribution in [2.45, 2.75) is 39.7 Å². The van der Waals surface area contributed by atoms with Gasteiger partial charge < -0.3 is 9.84 Å². The van der Waals surface area contributed by atoms with Crippen molar-refractivity contribution in [1.29, 1.82) is 0 Å². The molecule has 0 radical (unpaired) electrons. The van der Waals surface area contributed by atoms with Crippen LogP contribution >= 0.6 is 0 Å². The molecule has 0 saturated carbocycles. The van der Waals surface area contributed by atoms with E-state index in [4.69, 9.17) is 0 Å². The molecule has 0 unspecified atom stereocenters. The molecule has 3 heteroatoms. The third kappa shape index (κ3) is 5.57. The summed E-state index contributed by atoms with van der Waals surface area (Å²) in [6, 6.07) is 0. The van der Waals surface area contributed by atoms with Crippen LogP contribution in [-0.2, 0) is 9.53 Å². The van der Waals surface area contributed by atoms with Gasteiger partial charge in [0.1, 0.15) is 0 Å². The molecule has 88 valence electrons. The Hall–Kier alpha value is -0.830. The van der Waals surface area contributed by atoms with E-state index in [1.54, 1.807) is 6.08 Å². The number of aliphatic hydroxyl groups excluding tert-OH is 1. The molecule has 0 aromatic heterocycles. The number of carbonyl (C=O) groups excluding carboxylic acids is 1. The van der Waals surface area contributed by atoms with Gasteiger partial charge in [0.25, 0.3) is 0 Å². The summed E-state index contributed by atoms with van der Waals surface area (Å²) in [5.41, 5.74) is 0. The summed E-state index contributed by atoms with van der Waals surface area (Å²) in [4.78, 5) is 10.8. The lowest BCUT2D eigenvalue weighted by atomic mass is 9.91. The number of carbonyl (C=O) groups is 1. The van der Waals surface area contributed by atoms with E-state index in [9.17, 15) is 9.90 Å². The Morgan fingerprint density at radius 1 is 1.47 bits per heavy atom. The largest absolute Gasteiger partial charge is 0.469 e. The van der Waals surface area contributed by atoms with E-state index in [1.165, 1.54) is 7.11 Å². The van der Waals surface area contributed by atoms with E-state index in [2.05, 4.69) is 11.7 Å². The molecule has 0 amide bonds. The normalized spacial score (nSPS) is 17.4. The van der Waals surface area contributed by atoms with Crippen molar-refractivity contribution in [2.75, 3.05) is 7.11 Å². The molecule has 0 aliphatic carbocycles. The first-order valence-corrected chi connectivity index (χ1v) is 5.44. The number of esters is 1. The van der Waals surface area contributed by atoms with Crippen LogP contribution in [0.15, 0.2) is 12.2 Å². The van der Waals surface area contributed by atoms with E-state index < -0.39 is 0 Å². The van der Waals surface area contributed by atoms with Gasteiger partial charge in [0.2, 0.25) is 0 Å². The molecule has 0 aromatic carbocycles. The molecule has 1 N–H and O–H groups in total. The molecule has 0 rings (SSSR count). The van der Waals surface area contributed by atoms with Crippen LogP contribution in [0, 0.1) is 11.8 Å². The summed E-state index contributed by atoms with van der Waals surface area (Å²) in [6.45, 7) is 6.03. The van der Waals surface area contributed by atoms with Gasteiger partial charge in [-0.1, -0.05) is 39.3 Å². The molecule has 0 aliphatic rings. The molecule has 15 heavy (non-hydrogen) atoms. The van der Waals surface area contributed by atoms with E-state index >= 15 is 0 Å². The van der Waals surface area contributed by atoms with Gasteiger partial charge in [0.15, 0.2) is 0 Å². The summed E-state index contributed by atoms with van der Waals surface area (Å²) in [5, 5.41) is 9.84. The number of methoxy groups -OCH3 is 1. The maximum atomic E-state index is 10.8. The molecule has 0 fully saturated rings. The third-order valence-electron chi connectivity index (χ3n) is 2.72. The lowest BCUT2D eigenvalue weighted by Crippen LogP contribution is -2.23. The van der Waals surface area contributed by atoms with Gasteiger partial charge >= 0.3 is 5.97 Å². The molecule has 3 atom stereocenters. The smallest absolute Gasteiger partial charge is 0.309 e. The monoisotopic (exact) mass is 214 g/mol. The minimum Gasteiger partial charge on any atom is -0.469 e. The Labute approximate surface area is 92.1 Å². The van der Waals surface area contributed by atoms with Crippen molar-refractivity contribution in [3.8, 4) is 0 Å². The Bertz CT molecular complexity index is 211. The lowest BCUT2D eigenvalue weighted by molar-refractivity contribution is -0.139. The van der Waals surface area contributed by atoms with E-state index in [0.717, 1.165) is 6.42 Å². The van der Waals surface area contributed by atoms with E-state index in [1.807, 2.05) is 19.9 Å². The number of hydrogen-bond acceptors (Lipinski definition) is 3. The molecule has 0 aliphatic heterocycles. The Kier molecular flexibility index (Phi) is 7.05. The number of hydrogen-bond donors (Lipinski definition) is 1. The van der Waals surface area contributed by atoms with Gasteiger partial charge in [0, 0.05) is 5.92 Å². The maximum Gasteiger partial charge on any atom is 0.309 e. The van der Waals surface area contributed by atoms with Crippen LogP contribution in [-0.4, -0.2) is 24.3 Å². The zero-order valence-corrected chi connectivity index (χ0v) is 10.1. The van der Waals surface area contributed by atoms with Gasteiger partial charge in [-0.05, 0) is 5.92 Å². The Morgan fingerprint density at radius 2 is 2.07 bits per heavy atom. The first kappa shape index (κ1) is 14.2. The second kappa shape index (κ2) is 7.46. The summed E-state index contributed by atoms with van der Waals surface area (Å²) in [5.74, 6) is 0.101. The SMILES string of the molecule is CC[C@H](C)[C@@H](O)[C@H](C)/C=C/CC(=O)OC. The first-order chi connectivity index (χ1) is 7.02. The second-order valence-electron chi connectivity index (χ2n) is 3.94.